The lowest BCUT2D eigenvalue weighted by atomic mass is 9.94. The summed E-state index contributed by atoms with van der Waals surface area (Å²) >= 11 is 0. The normalized spacial score (nSPS) is 24.2. The molecule has 5 nitrogen and oxygen atoms in total. The molecule has 1 aliphatic heterocycles. The summed E-state index contributed by atoms with van der Waals surface area (Å²) in [5.41, 5.74) is 11.0. The molecule has 4 N–H and O–H groups in total. The fourth-order valence-electron chi connectivity index (χ4n) is 1.64. The minimum atomic E-state index is -0.517. The van der Waals surface area contributed by atoms with Gasteiger partial charge in [0.2, 0.25) is 11.8 Å². The number of hydrogen-bond acceptors (Lipinski definition) is 3. The van der Waals surface area contributed by atoms with Crippen molar-refractivity contribution in [2.45, 2.75) is 38.8 Å². The number of hydrogen-bond donors (Lipinski definition) is 2. The number of carbonyl (C=O) groups excluding carboxylic acids is 2. The van der Waals surface area contributed by atoms with Gasteiger partial charge in [0, 0.05) is 6.54 Å². The van der Waals surface area contributed by atoms with Crippen LogP contribution in [0.25, 0.3) is 0 Å². The fourth-order valence-corrected chi connectivity index (χ4v) is 1.64. The molecule has 0 radical (unpaired) electrons. The predicted octanol–water partition coefficient (Wildman–Crippen LogP) is -0.554. The van der Waals surface area contributed by atoms with E-state index in [1.54, 1.807) is 0 Å². The summed E-state index contributed by atoms with van der Waals surface area (Å²) in [6.45, 7) is 4.51. The first-order valence-electron chi connectivity index (χ1n) is 5.34. The van der Waals surface area contributed by atoms with Crippen LogP contribution in [0.2, 0.25) is 0 Å². The third-order valence-electron chi connectivity index (χ3n) is 3.17. The van der Waals surface area contributed by atoms with E-state index in [-0.39, 0.29) is 11.8 Å². The van der Waals surface area contributed by atoms with E-state index in [0.717, 1.165) is 6.42 Å². The zero-order valence-electron chi connectivity index (χ0n) is 9.27. The van der Waals surface area contributed by atoms with E-state index in [2.05, 4.69) is 0 Å². The molecular formula is C10H19N3O2. The van der Waals surface area contributed by atoms with Crippen LogP contribution in [0, 0.1) is 5.92 Å². The Morgan fingerprint density at radius 1 is 1.53 bits per heavy atom. The summed E-state index contributed by atoms with van der Waals surface area (Å²) in [5.74, 6) is -0.461. The van der Waals surface area contributed by atoms with Crippen molar-refractivity contribution in [2.24, 2.45) is 17.4 Å². The Bertz CT molecular complexity index is 267. The second-order valence-corrected chi connectivity index (χ2v) is 4.15. The lowest BCUT2D eigenvalue weighted by Crippen LogP contribution is -2.61. The molecule has 5 heteroatoms. The predicted molar refractivity (Wildman–Crippen MR) is 56.7 cm³/mol. The number of rotatable bonds is 4. The van der Waals surface area contributed by atoms with E-state index in [9.17, 15) is 9.59 Å². The zero-order chi connectivity index (χ0) is 11.6. The van der Waals surface area contributed by atoms with Crippen molar-refractivity contribution in [3.8, 4) is 0 Å². The number of likely N-dealkylation sites (tertiary alicyclic amines) is 1. The van der Waals surface area contributed by atoms with Crippen LogP contribution in [0.15, 0.2) is 0 Å². The van der Waals surface area contributed by atoms with Crippen LogP contribution in [-0.2, 0) is 9.59 Å². The minimum Gasteiger partial charge on any atom is -0.368 e. The SMILES string of the molecule is CCC(C)[C@H](N)C(=O)N1CCC1C(N)=O. The van der Waals surface area contributed by atoms with Gasteiger partial charge in [0.15, 0.2) is 0 Å². The van der Waals surface area contributed by atoms with Gasteiger partial charge in [-0.15, -0.1) is 0 Å². The molecule has 0 aromatic heterocycles. The molecule has 0 bridgehead atoms. The minimum absolute atomic E-state index is 0.131. The summed E-state index contributed by atoms with van der Waals surface area (Å²) in [6.07, 6.45) is 1.51. The van der Waals surface area contributed by atoms with Crippen LogP contribution >= 0.6 is 0 Å². The van der Waals surface area contributed by atoms with Gasteiger partial charge in [-0.3, -0.25) is 9.59 Å². The fraction of sp³-hybridized carbons (Fsp3) is 0.800. The first-order valence-corrected chi connectivity index (χ1v) is 5.34. The first kappa shape index (κ1) is 12.0. The smallest absolute Gasteiger partial charge is 0.240 e. The molecule has 0 aromatic rings. The Morgan fingerprint density at radius 3 is 2.47 bits per heavy atom. The maximum Gasteiger partial charge on any atom is 0.240 e. The molecule has 1 heterocycles. The van der Waals surface area contributed by atoms with E-state index in [1.165, 1.54) is 4.90 Å². The molecule has 0 saturated carbocycles. The first-order chi connectivity index (χ1) is 6.99. The van der Waals surface area contributed by atoms with E-state index in [0.29, 0.717) is 13.0 Å². The highest BCUT2D eigenvalue weighted by atomic mass is 16.2. The molecule has 1 aliphatic rings. The van der Waals surface area contributed by atoms with Crippen LogP contribution in [0.1, 0.15) is 26.7 Å². The molecule has 1 saturated heterocycles. The number of nitrogens with zero attached hydrogens (tertiary/aromatic N) is 1. The van der Waals surface area contributed by atoms with Crippen molar-refractivity contribution < 1.29 is 9.59 Å². The molecule has 1 rings (SSSR count). The van der Waals surface area contributed by atoms with Gasteiger partial charge in [-0.1, -0.05) is 20.3 Å². The van der Waals surface area contributed by atoms with Gasteiger partial charge in [0.25, 0.3) is 0 Å². The Morgan fingerprint density at radius 2 is 2.13 bits per heavy atom. The van der Waals surface area contributed by atoms with E-state index >= 15 is 0 Å². The van der Waals surface area contributed by atoms with Gasteiger partial charge >= 0.3 is 0 Å². The molecular weight excluding hydrogens is 194 g/mol. The van der Waals surface area contributed by atoms with Gasteiger partial charge in [0.1, 0.15) is 6.04 Å². The Hall–Kier alpha value is -1.10. The van der Waals surface area contributed by atoms with Crippen molar-refractivity contribution in [3.63, 3.8) is 0 Å². The standard InChI is InChI=1S/C10H19N3O2/c1-3-6(2)8(11)10(15)13-5-4-7(13)9(12)14/h6-8H,3-5,11H2,1-2H3,(H2,12,14)/t6?,7?,8-/m0/s1. The largest absolute Gasteiger partial charge is 0.368 e. The molecule has 15 heavy (non-hydrogen) atoms. The van der Waals surface area contributed by atoms with Crippen LogP contribution in [0.3, 0.4) is 0 Å². The van der Waals surface area contributed by atoms with Crippen molar-refractivity contribution in [3.05, 3.63) is 0 Å². The summed E-state index contributed by atoms with van der Waals surface area (Å²) in [5, 5.41) is 0. The molecule has 86 valence electrons. The molecule has 0 aromatic carbocycles. The Labute approximate surface area is 89.8 Å². The molecule has 2 unspecified atom stereocenters. The highest BCUT2D eigenvalue weighted by Crippen LogP contribution is 2.20. The van der Waals surface area contributed by atoms with Gasteiger partial charge in [-0.2, -0.15) is 0 Å². The van der Waals surface area contributed by atoms with Crippen molar-refractivity contribution in [2.75, 3.05) is 6.54 Å². The van der Waals surface area contributed by atoms with Gasteiger partial charge < -0.3 is 16.4 Å². The summed E-state index contributed by atoms with van der Waals surface area (Å²) in [6, 6.07) is -0.954. The third kappa shape index (κ3) is 2.28. The number of carbonyl (C=O) groups is 2. The molecule has 0 spiro atoms. The number of nitrogens with two attached hydrogens (primary N) is 2. The van der Waals surface area contributed by atoms with Gasteiger partial charge in [-0.25, -0.2) is 0 Å². The van der Waals surface area contributed by atoms with Crippen molar-refractivity contribution >= 4 is 11.8 Å². The second kappa shape index (κ2) is 4.61. The highest BCUT2D eigenvalue weighted by molar-refractivity contribution is 5.90. The Balaban J connectivity index is 2.57. The molecule has 0 aliphatic carbocycles. The van der Waals surface area contributed by atoms with E-state index < -0.39 is 18.0 Å². The molecule has 2 amide bonds. The zero-order valence-corrected chi connectivity index (χ0v) is 9.27. The van der Waals surface area contributed by atoms with Crippen LogP contribution in [0.4, 0.5) is 0 Å². The quantitative estimate of drug-likeness (QED) is 0.656. The van der Waals surface area contributed by atoms with E-state index in [4.69, 9.17) is 11.5 Å². The van der Waals surface area contributed by atoms with Crippen LogP contribution in [-0.4, -0.2) is 35.3 Å². The van der Waals surface area contributed by atoms with Crippen molar-refractivity contribution in [1.82, 2.24) is 4.90 Å². The summed E-state index contributed by atoms with van der Waals surface area (Å²) < 4.78 is 0. The van der Waals surface area contributed by atoms with Crippen LogP contribution in [0.5, 0.6) is 0 Å². The van der Waals surface area contributed by atoms with Crippen LogP contribution < -0.4 is 11.5 Å². The monoisotopic (exact) mass is 213 g/mol. The Kier molecular flexibility index (Phi) is 3.68. The van der Waals surface area contributed by atoms with E-state index in [1.807, 2.05) is 13.8 Å². The topological polar surface area (TPSA) is 89.4 Å². The van der Waals surface area contributed by atoms with Crippen molar-refractivity contribution in [1.29, 1.82) is 0 Å². The third-order valence-corrected chi connectivity index (χ3v) is 3.17. The average Bonchev–Trinajstić information content (AvgIpc) is 2.12. The summed E-state index contributed by atoms with van der Waals surface area (Å²) in [4.78, 5) is 24.3. The van der Waals surface area contributed by atoms with Gasteiger partial charge in [-0.05, 0) is 12.3 Å². The maximum atomic E-state index is 11.8. The lowest BCUT2D eigenvalue weighted by molar-refractivity contribution is -0.148. The molecule has 3 atom stereocenters. The second-order valence-electron chi connectivity index (χ2n) is 4.15. The highest BCUT2D eigenvalue weighted by Gasteiger charge is 2.38. The maximum absolute atomic E-state index is 11.8. The summed E-state index contributed by atoms with van der Waals surface area (Å²) in [7, 11) is 0. The van der Waals surface area contributed by atoms with Gasteiger partial charge in [0.05, 0.1) is 6.04 Å². The average molecular weight is 213 g/mol. The lowest BCUT2D eigenvalue weighted by Gasteiger charge is -2.40. The number of amides is 2. The molecule has 1 fully saturated rings. The number of primary amides is 1.